The summed E-state index contributed by atoms with van der Waals surface area (Å²) in [5.41, 5.74) is 3.43. The lowest BCUT2D eigenvalue weighted by atomic mass is 10.2. The van der Waals surface area contributed by atoms with E-state index in [9.17, 15) is 0 Å². The molecular formula is C36H35AlN2O3Si. The normalized spacial score (nSPS) is 11.9. The highest BCUT2D eigenvalue weighted by Crippen LogP contribution is 2.38. The molecule has 0 radical (unpaired) electrons. The van der Waals surface area contributed by atoms with E-state index < -0.39 is 23.5 Å². The lowest BCUT2D eigenvalue weighted by Crippen LogP contribution is -2.69. The maximum Gasteiger partial charge on any atom is 1.09 e. The standard InChI is InChI=1S/C16H19OSi.2C10H9NO.Al/c1-16(2,3)18(17,14-10-6-4-7-11-14)15-12-8-5-9-13-15;2*1-7-5-6-8-3-2-4-9(12)10(8)11-7;/h4-13H,1-3H3;2*2-6,12H,1H3;/q-1;;;+3/p-2. The summed E-state index contributed by atoms with van der Waals surface area (Å²) < 4.78 is 21.3. The number of hydrogen-bond donors (Lipinski definition) is 0. The van der Waals surface area contributed by atoms with E-state index in [0.29, 0.717) is 11.5 Å². The number of para-hydroxylation sites is 2. The zero-order valence-corrected chi connectivity index (χ0v) is 27.4. The maximum absolute atomic E-state index is 7.52. The van der Waals surface area contributed by atoms with Gasteiger partial charge < -0.3 is 11.1 Å². The molecule has 2 aromatic heterocycles. The van der Waals surface area contributed by atoms with E-state index in [2.05, 4.69) is 81.4 Å². The molecule has 7 heteroatoms. The molecule has 0 amide bonds. The van der Waals surface area contributed by atoms with Gasteiger partial charge in [0.05, 0.1) is 0 Å². The molecule has 0 bridgehead atoms. The second-order valence-corrected chi connectivity index (χ2v) is 17.9. The van der Waals surface area contributed by atoms with Gasteiger partial charge in [0.15, 0.2) is 0 Å². The SMILES string of the molecule is Cc1ccc2cccc([O][Al]([O]c3cccc4ccc(C)nc34)[O][Si](c3ccccc3)(c3ccccc3)C(C)(C)C)c2n1. The summed E-state index contributed by atoms with van der Waals surface area (Å²) in [6.07, 6.45) is 0. The number of hydrogen-bond acceptors (Lipinski definition) is 5. The van der Waals surface area contributed by atoms with Crippen molar-refractivity contribution >= 4 is 55.6 Å². The van der Waals surface area contributed by atoms with Crippen molar-refractivity contribution in [3.05, 3.63) is 133 Å². The van der Waals surface area contributed by atoms with Crippen molar-refractivity contribution in [3.63, 3.8) is 0 Å². The molecule has 0 saturated carbocycles. The Morgan fingerprint density at radius 2 is 0.977 bits per heavy atom. The second kappa shape index (κ2) is 11.9. The van der Waals surface area contributed by atoms with E-state index in [0.717, 1.165) is 43.6 Å². The van der Waals surface area contributed by atoms with Crippen LogP contribution in [0.4, 0.5) is 0 Å². The lowest BCUT2D eigenvalue weighted by Gasteiger charge is -2.44. The first kappa shape index (κ1) is 29.1. The number of aromatic nitrogens is 2. The third-order valence-electron chi connectivity index (χ3n) is 7.78. The molecule has 5 nitrogen and oxygen atoms in total. The molecule has 4 aromatic carbocycles. The summed E-state index contributed by atoms with van der Waals surface area (Å²) in [5.74, 6) is 1.31. The van der Waals surface area contributed by atoms with E-state index in [1.165, 1.54) is 0 Å². The van der Waals surface area contributed by atoms with Crippen LogP contribution in [0, 0.1) is 13.8 Å². The average Bonchev–Trinajstić information content (AvgIpc) is 3.00. The fourth-order valence-electron chi connectivity index (χ4n) is 5.74. The van der Waals surface area contributed by atoms with E-state index in [1.54, 1.807) is 0 Å². The lowest BCUT2D eigenvalue weighted by molar-refractivity contribution is 0.301. The van der Waals surface area contributed by atoms with Gasteiger partial charge in [0.25, 0.3) is 0 Å². The maximum atomic E-state index is 7.52. The Morgan fingerprint density at radius 1 is 0.535 bits per heavy atom. The Labute approximate surface area is 259 Å². The summed E-state index contributed by atoms with van der Waals surface area (Å²) >= 11 is -3.02. The van der Waals surface area contributed by atoms with Gasteiger partial charge in [-0.3, -0.25) is 0 Å². The quantitative estimate of drug-likeness (QED) is 0.171. The molecule has 0 unspecified atom stereocenters. The van der Waals surface area contributed by atoms with Gasteiger partial charge in [-0.25, -0.2) is 9.97 Å². The first-order valence-electron chi connectivity index (χ1n) is 14.6. The molecule has 0 atom stereocenters. The number of fused-ring (bicyclic) bond motifs is 2. The molecule has 0 aliphatic rings. The fourth-order valence-corrected chi connectivity index (χ4v) is 14.0. The van der Waals surface area contributed by atoms with E-state index in [-0.39, 0.29) is 5.04 Å². The predicted molar refractivity (Wildman–Crippen MR) is 179 cm³/mol. The van der Waals surface area contributed by atoms with Crippen LogP contribution in [0.3, 0.4) is 0 Å². The Kier molecular flexibility index (Phi) is 8.09. The minimum Gasteiger partial charge on any atom is -0.587 e. The van der Waals surface area contributed by atoms with Crippen molar-refractivity contribution in [2.75, 3.05) is 0 Å². The number of aryl methyl sites for hydroxylation is 2. The largest absolute Gasteiger partial charge is 1.09 e. The predicted octanol–water partition coefficient (Wildman–Crippen LogP) is 7.42. The van der Waals surface area contributed by atoms with Crippen LogP contribution >= 0.6 is 0 Å². The topological polar surface area (TPSA) is 53.5 Å². The van der Waals surface area contributed by atoms with Crippen LogP contribution in [0.5, 0.6) is 11.5 Å². The number of benzene rings is 4. The molecular weight excluding hydrogens is 563 g/mol. The van der Waals surface area contributed by atoms with Crippen LogP contribution in [0.15, 0.2) is 121 Å². The van der Waals surface area contributed by atoms with Crippen molar-refractivity contribution in [1.82, 2.24) is 9.97 Å². The van der Waals surface area contributed by atoms with Crippen molar-refractivity contribution in [3.8, 4) is 11.5 Å². The van der Waals surface area contributed by atoms with Crippen molar-refractivity contribution in [1.29, 1.82) is 0 Å². The van der Waals surface area contributed by atoms with Crippen LogP contribution in [-0.4, -0.2) is 33.4 Å². The van der Waals surface area contributed by atoms with Crippen molar-refractivity contribution in [2.24, 2.45) is 0 Å². The zero-order chi connectivity index (χ0) is 30.0. The summed E-state index contributed by atoms with van der Waals surface area (Å²) in [6.45, 7) is 10.8. The van der Waals surface area contributed by atoms with E-state index in [4.69, 9.17) is 21.0 Å². The zero-order valence-electron chi connectivity index (χ0n) is 25.2. The molecule has 0 aliphatic heterocycles. The highest BCUT2D eigenvalue weighted by Gasteiger charge is 2.57. The van der Waals surface area contributed by atoms with Gasteiger partial charge in [-0.05, 0) is 53.5 Å². The Balaban J connectivity index is 1.54. The minimum absolute atomic E-state index is 0.255. The molecule has 6 rings (SSSR count). The first-order valence-corrected chi connectivity index (χ1v) is 17.9. The smallest absolute Gasteiger partial charge is 0.587 e. The van der Waals surface area contributed by atoms with Gasteiger partial charge >= 0.3 is 15.1 Å². The van der Waals surface area contributed by atoms with Gasteiger partial charge in [0, 0.05) is 22.2 Å². The molecule has 6 aromatic rings. The molecule has 214 valence electrons. The summed E-state index contributed by atoms with van der Waals surface area (Å²) in [4.78, 5) is 9.69. The number of rotatable bonds is 8. The molecule has 0 N–H and O–H groups in total. The summed E-state index contributed by atoms with van der Waals surface area (Å²) in [5, 5.41) is 4.08. The van der Waals surface area contributed by atoms with Gasteiger partial charge in [-0.2, -0.15) is 0 Å². The average molecular weight is 599 g/mol. The highest BCUT2D eigenvalue weighted by molar-refractivity contribution is 7.01. The van der Waals surface area contributed by atoms with Crippen molar-refractivity contribution < 1.29 is 11.1 Å². The number of pyridine rings is 2. The van der Waals surface area contributed by atoms with E-state index >= 15 is 0 Å². The third kappa shape index (κ3) is 5.82. The van der Waals surface area contributed by atoms with Crippen LogP contribution in [0.2, 0.25) is 5.04 Å². The van der Waals surface area contributed by atoms with Gasteiger partial charge in [-0.15, -0.1) is 0 Å². The molecule has 0 aliphatic carbocycles. The Hall–Kier alpha value is -3.99. The molecule has 43 heavy (non-hydrogen) atoms. The summed E-state index contributed by atoms with van der Waals surface area (Å²) in [7, 11) is -3.01. The van der Waals surface area contributed by atoms with Crippen molar-refractivity contribution in [2.45, 2.75) is 39.7 Å². The molecule has 0 fully saturated rings. The van der Waals surface area contributed by atoms with Crippen LogP contribution in [0.25, 0.3) is 21.8 Å². The molecule has 0 saturated heterocycles. The Morgan fingerprint density at radius 3 is 1.40 bits per heavy atom. The van der Waals surface area contributed by atoms with Crippen LogP contribution in [0.1, 0.15) is 32.2 Å². The molecule has 2 heterocycles. The fraction of sp³-hybridized carbons (Fsp3) is 0.167. The molecule has 0 spiro atoms. The first-order chi connectivity index (χ1) is 20.7. The van der Waals surface area contributed by atoms with Gasteiger partial charge in [0.1, 0.15) is 22.5 Å². The number of nitrogens with zero attached hydrogens (tertiary/aromatic N) is 2. The second-order valence-electron chi connectivity index (χ2n) is 11.9. The highest BCUT2D eigenvalue weighted by atomic mass is 28.4. The monoisotopic (exact) mass is 598 g/mol. The Bertz CT molecular complexity index is 1750. The van der Waals surface area contributed by atoms with Crippen LogP contribution in [-0.2, 0) is 3.48 Å². The van der Waals surface area contributed by atoms with E-state index in [1.807, 2.05) is 74.5 Å². The van der Waals surface area contributed by atoms with Gasteiger partial charge in [0.2, 0.25) is 8.32 Å². The summed E-state index contributed by atoms with van der Waals surface area (Å²) in [6, 6.07) is 41.3. The third-order valence-corrected chi connectivity index (χ3v) is 15.3. The van der Waals surface area contributed by atoms with Crippen LogP contribution < -0.4 is 18.0 Å². The minimum atomic E-state index is -3.02. The van der Waals surface area contributed by atoms with Gasteiger partial charge in [-0.1, -0.05) is 118 Å².